The minimum absolute atomic E-state index is 0.365. The summed E-state index contributed by atoms with van der Waals surface area (Å²) in [5.74, 6) is 0.365. The number of rotatable bonds is 1. The van der Waals surface area contributed by atoms with Gasteiger partial charge in [0.25, 0.3) is 0 Å². The average molecular weight is 184 g/mol. The van der Waals surface area contributed by atoms with E-state index >= 15 is 0 Å². The fraction of sp³-hybridized carbons (Fsp3) is 0.400. The predicted molar refractivity (Wildman–Crippen MR) is 58.2 cm³/mol. The monoisotopic (exact) mass is 184 g/mol. The fourth-order valence-electron chi connectivity index (χ4n) is 0.809. The first-order chi connectivity index (χ1) is 5.74. The number of hydrogen-bond acceptors (Lipinski definition) is 1. The lowest BCUT2D eigenvalue weighted by Crippen LogP contribution is -1.91. The molecule has 0 fully saturated rings. The molecule has 0 aliphatic heterocycles. The van der Waals surface area contributed by atoms with Gasteiger partial charge in [-0.25, -0.2) is 0 Å². The van der Waals surface area contributed by atoms with E-state index in [1.54, 1.807) is 6.07 Å². The van der Waals surface area contributed by atoms with Gasteiger partial charge in [-0.3, -0.25) is 0 Å². The lowest BCUT2D eigenvalue weighted by Gasteiger charge is -1.99. The predicted octanol–water partition coefficient (Wildman–Crippen LogP) is 2.48. The van der Waals surface area contributed by atoms with Gasteiger partial charge in [0.05, 0.1) is 0 Å². The van der Waals surface area contributed by atoms with E-state index in [1.807, 2.05) is 26.0 Å². The van der Waals surface area contributed by atoms with Crippen LogP contribution in [0.2, 0.25) is 0 Å². The van der Waals surface area contributed by atoms with Crippen molar-refractivity contribution in [2.75, 3.05) is 0 Å². The molecule has 68 valence electrons. The zero-order valence-corrected chi connectivity index (χ0v) is 9.12. The highest BCUT2D eigenvalue weighted by Crippen LogP contribution is 2.11. The van der Waals surface area contributed by atoms with Crippen LogP contribution in [0, 0.1) is 0 Å². The van der Waals surface area contributed by atoms with Gasteiger partial charge in [-0.1, -0.05) is 32.9 Å². The fourth-order valence-corrected chi connectivity index (χ4v) is 0.989. The van der Waals surface area contributed by atoms with E-state index in [9.17, 15) is 5.11 Å². The third kappa shape index (κ3) is 3.23. The molecular formula is C10H17OP. The smallest absolute Gasteiger partial charge is 0.122 e. The van der Waals surface area contributed by atoms with Gasteiger partial charge >= 0.3 is 0 Å². The van der Waals surface area contributed by atoms with E-state index in [0.29, 0.717) is 5.75 Å². The van der Waals surface area contributed by atoms with E-state index in [2.05, 4.69) is 16.2 Å². The topological polar surface area (TPSA) is 20.2 Å². The summed E-state index contributed by atoms with van der Waals surface area (Å²) >= 11 is 0. The number of phenolic OH excluding ortho intramolecular Hbond substituents is 1. The Labute approximate surface area is 77.0 Å². The Hall–Kier alpha value is -0.550. The Morgan fingerprint density at radius 1 is 1.33 bits per heavy atom. The highest BCUT2D eigenvalue weighted by atomic mass is 31.0. The van der Waals surface area contributed by atoms with Crippen LogP contribution in [0.1, 0.15) is 26.3 Å². The molecule has 0 aromatic heterocycles. The summed E-state index contributed by atoms with van der Waals surface area (Å²) in [5.41, 5.74) is 1.17. The summed E-state index contributed by atoms with van der Waals surface area (Å²) in [6.07, 6.45) is 0.971. The molecular weight excluding hydrogens is 167 g/mol. The number of hydrogen-bond donors (Lipinski definition) is 1. The van der Waals surface area contributed by atoms with Crippen LogP contribution in [0.5, 0.6) is 5.75 Å². The third-order valence-electron chi connectivity index (χ3n) is 1.50. The van der Waals surface area contributed by atoms with Crippen LogP contribution < -0.4 is 5.30 Å². The van der Waals surface area contributed by atoms with E-state index in [1.165, 1.54) is 5.56 Å². The molecule has 0 aliphatic carbocycles. The molecule has 1 N–H and O–H groups in total. The Morgan fingerprint density at radius 3 is 2.33 bits per heavy atom. The molecule has 0 bridgehead atoms. The zero-order chi connectivity index (χ0) is 9.56. The lowest BCUT2D eigenvalue weighted by atomic mass is 10.2. The maximum atomic E-state index is 9.21. The molecule has 1 atom stereocenters. The molecule has 1 unspecified atom stereocenters. The van der Waals surface area contributed by atoms with Crippen molar-refractivity contribution in [1.29, 1.82) is 0 Å². The Kier molecular flexibility index (Phi) is 5.74. The number of phenols is 1. The Bertz CT molecular complexity index is 233. The van der Waals surface area contributed by atoms with Crippen molar-refractivity contribution in [3.05, 3.63) is 23.8 Å². The quantitative estimate of drug-likeness (QED) is 0.665. The molecule has 0 spiro atoms. The SMILES string of the molecule is CC.CCc1ccc(P)c(O)c1. The van der Waals surface area contributed by atoms with Crippen LogP contribution in [0.4, 0.5) is 0 Å². The molecule has 1 rings (SSSR count). The first kappa shape index (κ1) is 11.4. The maximum absolute atomic E-state index is 9.21. The molecule has 0 saturated heterocycles. The second kappa shape index (κ2) is 6.02. The molecule has 0 aliphatic rings. The summed E-state index contributed by atoms with van der Waals surface area (Å²) in [5, 5.41) is 10.1. The molecule has 0 amide bonds. The van der Waals surface area contributed by atoms with Crippen molar-refractivity contribution in [1.82, 2.24) is 0 Å². The lowest BCUT2D eigenvalue weighted by molar-refractivity contribution is 0.479. The van der Waals surface area contributed by atoms with Crippen molar-refractivity contribution in [3.63, 3.8) is 0 Å². The van der Waals surface area contributed by atoms with Gasteiger partial charge in [-0.05, 0) is 18.1 Å². The number of aromatic hydroxyl groups is 1. The van der Waals surface area contributed by atoms with E-state index in [0.717, 1.165) is 11.7 Å². The highest BCUT2D eigenvalue weighted by molar-refractivity contribution is 7.27. The first-order valence-corrected chi connectivity index (χ1v) is 4.89. The van der Waals surface area contributed by atoms with Gasteiger partial charge in [0.15, 0.2) is 0 Å². The zero-order valence-electron chi connectivity index (χ0n) is 7.96. The molecule has 0 radical (unpaired) electrons. The molecule has 2 heteroatoms. The minimum Gasteiger partial charge on any atom is -0.507 e. The molecule has 1 nitrogen and oxygen atoms in total. The highest BCUT2D eigenvalue weighted by Gasteiger charge is 1.94. The van der Waals surface area contributed by atoms with Crippen LogP contribution >= 0.6 is 9.24 Å². The van der Waals surface area contributed by atoms with E-state index in [4.69, 9.17) is 0 Å². The molecule has 12 heavy (non-hydrogen) atoms. The first-order valence-electron chi connectivity index (χ1n) is 4.31. The van der Waals surface area contributed by atoms with Crippen molar-refractivity contribution in [3.8, 4) is 5.75 Å². The molecule has 1 aromatic carbocycles. The number of benzene rings is 1. The van der Waals surface area contributed by atoms with Gasteiger partial charge in [0.1, 0.15) is 5.75 Å². The maximum Gasteiger partial charge on any atom is 0.122 e. The van der Waals surface area contributed by atoms with Crippen LogP contribution in [0.3, 0.4) is 0 Å². The average Bonchev–Trinajstić information content (AvgIpc) is 2.13. The normalized spacial score (nSPS) is 8.67. The van der Waals surface area contributed by atoms with Crippen LogP contribution in [0.15, 0.2) is 18.2 Å². The summed E-state index contributed by atoms with van der Waals surface area (Å²) < 4.78 is 0. The van der Waals surface area contributed by atoms with Crippen molar-refractivity contribution in [2.45, 2.75) is 27.2 Å². The molecule has 1 aromatic rings. The number of aryl methyl sites for hydroxylation is 1. The van der Waals surface area contributed by atoms with E-state index < -0.39 is 0 Å². The summed E-state index contributed by atoms with van der Waals surface area (Å²) in [4.78, 5) is 0. The van der Waals surface area contributed by atoms with Crippen LogP contribution in [-0.2, 0) is 6.42 Å². The van der Waals surface area contributed by atoms with Gasteiger partial charge in [-0.2, -0.15) is 0 Å². The Morgan fingerprint density at radius 2 is 1.92 bits per heavy atom. The van der Waals surface area contributed by atoms with Gasteiger partial charge in [-0.15, -0.1) is 9.24 Å². The van der Waals surface area contributed by atoms with Gasteiger partial charge in [0, 0.05) is 5.30 Å². The van der Waals surface area contributed by atoms with Gasteiger partial charge in [0.2, 0.25) is 0 Å². The minimum atomic E-state index is 0.365. The van der Waals surface area contributed by atoms with Crippen molar-refractivity contribution in [2.24, 2.45) is 0 Å². The summed E-state index contributed by atoms with van der Waals surface area (Å²) in [7, 11) is 2.48. The Balaban J connectivity index is 0.000000561. The largest absolute Gasteiger partial charge is 0.507 e. The van der Waals surface area contributed by atoms with Crippen molar-refractivity contribution < 1.29 is 5.11 Å². The third-order valence-corrected chi connectivity index (χ3v) is 1.99. The second-order valence-electron chi connectivity index (χ2n) is 2.25. The van der Waals surface area contributed by atoms with Crippen LogP contribution in [0.25, 0.3) is 0 Å². The van der Waals surface area contributed by atoms with E-state index in [-0.39, 0.29) is 0 Å². The molecule has 0 heterocycles. The van der Waals surface area contributed by atoms with Gasteiger partial charge < -0.3 is 5.11 Å². The van der Waals surface area contributed by atoms with Crippen LogP contribution in [-0.4, -0.2) is 5.11 Å². The summed E-state index contributed by atoms with van der Waals surface area (Å²) in [6.45, 7) is 6.07. The summed E-state index contributed by atoms with van der Waals surface area (Å²) in [6, 6.07) is 5.71. The standard InChI is InChI=1S/C8H11OP.C2H6/c1-2-6-3-4-8(10)7(9)5-6;1-2/h3-5,9H,2,10H2,1H3;1-2H3. The second-order valence-corrected chi connectivity index (χ2v) is 2.87. The molecule has 0 saturated carbocycles. The van der Waals surface area contributed by atoms with Crippen molar-refractivity contribution >= 4 is 14.5 Å².